The molecule has 1 aliphatic rings. The van der Waals surface area contributed by atoms with Crippen molar-refractivity contribution in [2.24, 2.45) is 0 Å². The highest BCUT2D eigenvalue weighted by molar-refractivity contribution is 6.31. The number of halogens is 1. The van der Waals surface area contributed by atoms with Gasteiger partial charge in [0.1, 0.15) is 0 Å². The third kappa shape index (κ3) is 5.27. The first-order valence-electron chi connectivity index (χ1n) is 8.05. The molecule has 1 aromatic rings. The molecule has 1 saturated heterocycles. The predicted octanol–water partition coefficient (Wildman–Crippen LogP) is 2.58. The largest absolute Gasteiger partial charge is 0.396 e. The molecule has 1 amide bonds. The molecule has 0 saturated carbocycles. The molecule has 1 aromatic carbocycles. The van der Waals surface area contributed by atoms with Gasteiger partial charge in [0.15, 0.2) is 0 Å². The summed E-state index contributed by atoms with van der Waals surface area (Å²) in [6, 6.07) is 8.09. The summed E-state index contributed by atoms with van der Waals surface area (Å²) >= 11 is 6.08. The van der Waals surface area contributed by atoms with Gasteiger partial charge in [-0.1, -0.05) is 29.8 Å². The zero-order valence-electron chi connectivity index (χ0n) is 12.9. The third-order valence-electron chi connectivity index (χ3n) is 4.25. The number of hydrogen-bond acceptors (Lipinski definition) is 3. The number of nitrogens with zero attached hydrogens (tertiary/aromatic N) is 1. The van der Waals surface area contributed by atoms with E-state index >= 15 is 0 Å². The van der Waals surface area contributed by atoms with Crippen molar-refractivity contribution in [1.82, 2.24) is 10.2 Å². The van der Waals surface area contributed by atoms with Crippen LogP contribution in [-0.4, -0.2) is 41.7 Å². The van der Waals surface area contributed by atoms with Crippen molar-refractivity contribution in [3.63, 3.8) is 0 Å². The van der Waals surface area contributed by atoms with Crippen molar-refractivity contribution in [3.05, 3.63) is 34.9 Å². The van der Waals surface area contributed by atoms with Gasteiger partial charge in [-0.2, -0.15) is 0 Å². The molecule has 1 fully saturated rings. The number of likely N-dealkylation sites (tertiary alicyclic amines) is 1. The van der Waals surface area contributed by atoms with Crippen LogP contribution in [0.25, 0.3) is 0 Å². The molecule has 2 N–H and O–H groups in total. The normalized spacial score (nSPS) is 18.5. The summed E-state index contributed by atoms with van der Waals surface area (Å²) < 4.78 is 0. The topological polar surface area (TPSA) is 52.6 Å². The van der Waals surface area contributed by atoms with Gasteiger partial charge in [-0.15, -0.1) is 0 Å². The van der Waals surface area contributed by atoms with E-state index in [1.165, 1.54) is 12.8 Å². The van der Waals surface area contributed by atoms with Crippen molar-refractivity contribution >= 4 is 17.5 Å². The summed E-state index contributed by atoms with van der Waals surface area (Å²) in [5.41, 5.74) is 0.944. The van der Waals surface area contributed by atoms with E-state index in [9.17, 15) is 4.79 Å². The van der Waals surface area contributed by atoms with Gasteiger partial charge < -0.3 is 10.4 Å². The average molecular weight is 325 g/mol. The first-order valence-corrected chi connectivity index (χ1v) is 8.43. The summed E-state index contributed by atoms with van der Waals surface area (Å²) in [6.45, 7) is 2.59. The average Bonchev–Trinajstić information content (AvgIpc) is 2.97. The minimum Gasteiger partial charge on any atom is -0.396 e. The number of aliphatic hydroxyl groups excluding tert-OH is 1. The van der Waals surface area contributed by atoms with Crippen LogP contribution in [0.1, 0.15) is 37.7 Å². The monoisotopic (exact) mass is 324 g/mol. The van der Waals surface area contributed by atoms with Crippen LogP contribution in [0.2, 0.25) is 5.02 Å². The predicted molar refractivity (Wildman–Crippen MR) is 88.8 cm³/mol. The van der Waals surface area contributed by atoms with E-state index in [0.717, 1.165) is 31.5 Å². The Balaban J connectivity index is 1.70. The maximum absolute atomic E-state index is 12.0. The van der Waals surface area contributed by atoms with Gasteiger partial charge in [0.25, 0.3) is 0 Å². The fraction of sp³-hybridized carbons (Fsp3) is 0.588. The van der Waals surface area contributed by atoms with E-state index < -0.39 is 0 Å². The maximum Gasteiger partial charge on any atom is 0.221 e. The number of nitrogens with one attached hydrogen (secondary N) is 1. The molecule has 22 heavy (non-hydrogen) atoms. The highest BCUT2D eigenvalue weighted by Crippen LogP contribution is 2.21. The van der Waals surface area contributed by atoms with E-state index in [0.29, 0.717) is 24.0 Å². The second-order valence-electron chi connectivity index (χ2n) is 5.82. The molecular formula is C17H25ClN2O2. The van der Waals surface area contributed by atoms with Crippen LogP contribution in [0.15, 0.2) is 24.3 Å². The molecule has 1 heterocycles. The Morgan fingerprint density at radius 2 is 2.23 bits per heavy atom. The number of amides is 1. The lowest BCUT2D eigenvalue weighted by molar-refractivity contribution is -0.121. The Kier molecular flexibility index (Phi) is 7.16. The second kappa shape index (κ2) is 9.13. The summed E-state index contributed by atoms with van der Waals surface area (Å²) in [6.07, 6.45) is 4.76. The van der Waals surface area contributed by atoms with E-state index in [1.54, 1.807) is 0 Å². The molecule has 122 valence electrons. The van der Waals surface area contributed by atoms with Crippen LogP contribution in [0.3, 0.4) is 0 Å². The lowest BCUT2D eigenvalue weighted by Gasteiger charge is -2.23. The van der Waals surface area contributed by atoms with Crippen LogP contribution in [0.5, 0.6) is 0 Å². The van der Waals surface area contributed by atoms with Gasteiger partial charge in [0, 0.05) is 37.2 Å². The molecule has 0 spiro atoms. The molecule has 0 aromatic heterocycles. The third-order valence-corrected chi connectivity index (χ3v) is 4.62. The van der Waals surface area contributed by atoms with Crippen molar-refractivity contribution in [1.29, 1.82) is 0 Å². The van der Waals surface area contributed by atoms with Crippen molar-refractivity contribution in [3.8, 4) is 0 Å². The van der Waals surface area contributed by atoms with Gasteiger partial charge in [-0.3, -0.25) is 9.69 Å². The quantitative estimate of drug-likeness (QED) is 0.773. The van der Waals surface area contributed by atoms with E-state index in [-0.39, 0.29) is 12.5 Å². The van der Waals surface area contributed by atoms with Gasteiger partial charge in [0.05, 0.1) is 0 Å². The minimum absolute atomic E-state index is 0.0627. The Morgan fingerprint density at radius 1 is 1.41 bits per heavy atom. The second-order valence-corrected chi connectivity index (χ2v) is 6.22. The summed E-state index contributed by atoms with van der Waals surface area (Å²) in [4.78, 5) is 14.4. The lowest BCUT2D eigenvalue weighted by Crippen LogP contribution is -2.34. The number of benzene rings is 1. The zero-order chi connectivity index (χ0) is 15.8. The number of aliphatic hydroxyl groups is 1. The van der Waals surface area contributed by atoms with E-state index in [1.807, 2.05) is 24.3 Å². The molecule has 0 bridgehead atoms. The Hall–Kier alpha value is -1.10. The van der Waals surface area contributed by atoms with E-state index in [2.05, 4.69) is 10.2 Å². The summed E-state index contributed by atoms with van der Waals surface area (Å²) in [5.74, 6) is 0.0627. The van der Waals surface area contributed by atoms with Gasteiger partial charge in [-0.05, 0) is 43.9 Å². The molecular weight excluding hydrogens is 300 g/mol. The molecule has 0 aliphatic carbocycles. The van der Waals surface area contributed by atoms with Gasteiger partial charge in [-0.25, -0.2) is 0 Å². The fourth-order valence-corrected chi connectivity index (χ4v) is 3.22. The SMILES string of the molecule is O=C(CCN1CCCC1CCCO)NCc1ccccc1Cl. The summed E-state index contributed by atoms with van der Waals surface area (Å²) in [7, 11) is 0. The Morgan fingerprint density at radius 3 is 3.00 bits per heavy atom. The highest BCUT2D eigenvalue weighted by atomic mass is 35.5. The first-order chi connectivity index (χ1) is 10.7. The standard InChI is InChI=1S/C17H25ClN2O2/c18-16-8-2-1-5-14(16)13-19-17(22)9-11-20-10-3-6-15(20)7-4-12-21/h1-2,5,8,15,21H,3-4,6-7,9-13H2,(H,19,22). The lowest BCUT2D eigenvalue weighted by atomic mass is 10.1. The number of carbonyl (C=O) groups is 1. The molecule has 1 aliphatic heterocycles. The molecule has 5 heteroatoms. The molecule has 1 atom stereocenters. The smallest absolute Gasteiger partial charge is 0.221 e. The van der Waals surface area contributed by atoms with Crippen LogP contribution < -0.4 is 5.32 Å². The van der Waals surface area contributed by atoms with Gasteiger partial charge >= 0.3 is 0 Å². The molecule has 4 nitrogen and oxygen atoms in total. The Labute approximate surface area is 137 Å². The number of hydrogen-bond donors (Lipinski definition) is 2. The van der Waals surface area contributed by atoms with Crippen molar-refractivity contribution in [2.45, 2.75) is 44.7 Å². The van der Waals surface area contributed by atoms with Crippen LogP contribution in [-0.2, 0) is 11.3 Å². The first kappa shape index (κ1) is 17.3. The van der Waals surface area contributed by atoms with Crippen molar-refractivity contribution < 1.29 is 9.90 Å². The van der Waals surface area contributed by atoms with Crippen LogP contribution in [0.4, 0.5) is 0 Å². The van der Waals surface area contributed by atoms with Crippen LogP contribution >= 0.6 is 11.6 Å². The minimum atomic E-state index is 0.0627. The molecule has 1 unspecified atom stereocenters. The van der Waals surface area contributed by atoms with Gasteiger partial charge in [0.2, 0.25) is 5.91 Å². The molecule has 2 rings (SSSR count). The van der Waals surface area contributed by atoms with Crippen LogP contribution in [0, 0.1) is 0 Å². The highest BCUT2D eigenvalue weighted by Gasteiger charge is 2.23. The fourth-order valence-electron chi connectivity index (χ4n) is 3.01. The van der Waals surface area contributed by atoms with E-state index in [4.69, 9.17) is 16.7 Å². The van der Waals surface area contributed by atoms with Crippen molar-refractivity contribution in [2.75, 3.05) is 19.7 Å². The Bertz CT molecular complexity index is 481. The zero-order valence-corrected chi connectivity index (χ0v) is 13.7. The number of rotatable bonds is 8. The maximum atomic E-state index is 12.0. The molecule has 0 radical (unpaired) electrons. The number of carbonyl (C=O) groups excluding carboxylic acids is 1. The summed E-state index contributed by atoms with van der Waals surface area (Å²) in [5, 5.41) is 12.6.